The van der Waals surface area contributed by atoms with Gasteiger partial charge in [0.1, 0.15) is 26.8 Å². The Bertz CT molecular complexity index is 481. The van der Waals surface area contributed by atoms with E-state index in [0.717, 1.165) is 12.8 Å². The Balaban J connectivity index is 3.55. The first-order valence-electron chi connectivity index (χ1n) is 9.78. The van der Waals surface area contributed by atoms with Crippen LogP contribution in [0.2, 0.25) is 0 Å². The van der Waals surface area contributed by atoms with Gasteiger partial charge in [-0.25, -0.2) is 0 Å². The predicted molar refractivity (Wildman–Crippen MR) is 135 cm³/mol. The van der Waals surface area contributed by atoms with E-state index in [0.29, 0.717) is 0 Å². The second kappa shape index (κ2) is 23.9. The minimum absolute atomic E-state index is 0.0506. The van der Waals surface area contributed by atoms with Gasteiger partial charge in [-0.15, -0.1) is 0 Å². The quantitative estimate of drug-likeness (QED) is 0.0443. The predicted octanol–water partition coefficient (Wildman–Crippen LogP) is 5.52. The maximum Gasteiger partial charge on any atom is 0.181 e. The zero-order chi connectivity index (χ0) is 21.4. The third-order valence-electron chi connectivity index (χ3n) is 3.39. The summed E-state index contributed by atoms with van der Waals surface area (Å²) >= 11 is 4.73. The van der Waals surface area contributed by atoms with Crippen LogP contribution in [0.5, 0.6) is 0 Å². The van der Waals surface area contributed by atoms with Crippen LogP contribution in [-0.4, -0.2) is 47.2 Å². The van der Waals surface area contributed by atoms with Crippen LogP contribution in [0, 0.1) is 0 Å². The van der Waals surface area contributed by atoms with Crippen LogP contribution in [0.4, 0.5) is 0 Å². The van der Waals surface area contributed by atoms with Crippen molar-refractivity contribution in [3.63, 3.8) is 0 Å². The maximum absolute atomic E-state index is 11.6. The SMILES string of the molecule is O=C(C=CC=CCCCCI)COCOCOCC(=O)C=CC=CCCCCI. The standard InChI is InChI=1S/C22H32I2O5/c23-15-11-7-3-1-5-9-13-21(25)17-27-19-29-20-28-18-22(26)14-10-6-2-4-8-12-16-24/h1-2,5-6,9-10,13-14H,3-4,7-8,11-12,15-20H2. The number of hydrogen-bond acceptors (Lipinski definition) is 5. The Labute approximate surface area is 202 Å². The summed E-state index contributed by atoms with van der Waals surface area (Å²) < 4.78 is 17.6. The third kappa shape index (κ3) is 23.8. The van der Waals surface area contributed by atoms with Crippen molar-refractivity contribution in [1.82, 2.24) is 0 Å². The van der Waals surface area contributed by atoms with Crippen LogP contribution >= 0.6 is 45.2 Å². The van der Waals surface area contributed by atoms with Crippen LogP contribution in [0.3, 0.4) is 0 Å². The van der Waals surface area contributed by atoms with E-state index in [4.69, 9.17) is 14.2 Å². The van der Waals surface area contributed by atoms with Gasteiger partial charge < -0.3 is 14.2 Å². The molecule has 0 saturated carbocycles. The normalized spacial score (nSPS) is 12.2. The summed E-state index contributed by atoms with van der Waals surface area (Å²) in [4.78, 5) is 23.1. The van der Waals surface area contributed by atoms with Gasteiger partial charge in [0.25, 0.3) is 0 Å². The highest BCUT2D eigenvalue weighted by atomic mass is 127. The average molecular weight is 630 g/mol. The van der Waals surface area contributed by atoms with Gasteiger partial charge in [-0.1, -0.05) is 81.6 Å². The average Bonchev–Trinajstić information content (AvgIpc) is 2.71. The second-order valence-electron chi connectivity index (χ2n) is 6.01. The van der Waals surface area contributed by atoms with E-state index in [1.165, 1.54) is 46.7 Å². The monoisotopic (exact) mass is 630 g/mol. The van der Waals surface area contributed by atoms with Crippen LogP contribution in [0.1, 0.15) is 38.5 Å². The van der Waals surface area contributed by atoms with Gasteiger partial charge >= 0.3 is 0 Å². The fourth-order valence-corrected chi connectivity index (χ4v) is 3.00. The summed E-state index contributed by atoms with van der Waals surface area (Å²) in [5.74, 6) is -0.261. The molecule has 0 unspecified atom stereocenters. The van der Waals surface area contributed by atoms with Crippen LogP contribution < -0.4 is 0 Å². The van der Waals surface area contributed by atoms with Crippen LogP contribution in [0.25, 0.3) is 0 Å². The van der Waals surface area contributed by atoms with Crippen molar-refractivity contribution in [2.75, 3.05) is 35.7 Å². The summed E-state index contributed by atoms with van der Waals surface area (Å²) in [6, 6.07) is 0. The molecule has 0 spiro atoms. The molecule has 0 aliphatic rings. The Morgan fingerprint density at radius 2 is 1.07 bits per heavy atom. The lowest BCUT2D eigenvalue weighted by molar-refractivity contribution is -0.147. The third-order valence-corrected chi connectivity index (χ3v) is 4.92. The Morgan fingerprint density at radius 3 is 1.48 bits per heavy atom. The number of halogens is 2. The van der Waals surface area contributed by atoms with E-state index in [9.17, 15) is 9.59 Å². The number of hydrogen-bond donors (Lipinski definition) is 0. The molecule has 0 amide bonds. The summed E-state index contributed by atoms with van der Waals surface area (Å²) in [6.45, 7) is -0.221. The van der Waals surface area contributed by atoms with Crippen molar-refractivity contribution >= 4 is 56.7 Å². The van der Waals surface area contributed by atoms with Crippen molar-refractivity contribution in [2.45, 2.75) is 38.5 Å². The van der Waals surface area contributed by atoms with Gasteiger partial charge in [-0.05, 0) is 59.5 Å². The first kappa shape index (κ1) is 28.6. The summed E-state index contributed by atoms with van der Waals surface area (Å²) in [7, 11) is 0. The first-order valence-corrected chi connectivity index (χ1v) is 12.8. The van der Waals surface area contributed by atoms with Gasteiger partial charge in [0.2, 0.25) is 0 Å². The van der Waals surface area contributed by atoms with Gasteiger partial charge in [0, 0.05) is 0 Å². The highest BCUT2D eigenvalue weighted by Crippen LogP contribution is 2.00. The van der Waals surface area contributed by atoms with Gasteiger partial charge in [-0.3, -0.25) is 9.59 Å². The summed E-state index contributed by atoms with van der Waals surface area (Å²) in [6.07, 6.45) is 21.1. The van der Waals surface area contributed by atoms with Gasteiger partial charge in [0.15, 0.2) is 11.6 Å². The van der Waals surface area contributed by atoms with E-state index in [2.05, 4.69) is 57.3 Å². The lowest BCUT2D eigenvalue weighted by Crippen LogP contribution is -2.12. The first-order chi connectivity index (χ1) is 14.2. The molecule has 0 N–H and O–H groups in total. The van der Waals surface area contributed by atoms with Crippen molar-refractivity contribution in [1.29, 1.82) is 0 Å². The molecule has 0 aliphatic heterocycles. The molecule has 0 rings (SSSR count). The smallest absolute Gasteiger partial charge is 0.181 e. The molecule has 0 atom stereocenters. The topological polar surface area (TPSA) is 61.8 Å². The molecular formula is C22H32I2O5. The van der Waals surface area contributed by atoms with E-state index in [1.54, 1.807) is 12.2 Å². The number of ether oxygens (including phenoxy) is 3. The number of alkyl halides is 2. The molecule has 0 aromatic carbocycles. The fraction of sp³-hybridized carbons (Fsp3) is 0.545. The molecule has 0 radical (unpaired) electrons. The molecule has 7 heteroatoms. The number of allylic oxidation sites excluding steroid dienone is 6. The van der Waals surface area contributed by atoms with E-state index < -0.39 is 0 Å². The van der Waals surface area contributed by atoms with Gasteiger partial charge in [-0.2, -0.15) is 0 Å². The minimum Gasteiger partial charge on any atom is -0.347 e. The lowest BCUT2D eigenvalue weighted by Gasteiger charge is -2.04. The van der Waals surface area contributed by atoms with Crippen molar-refractivity contribution in [3.05, 3.63) is 48.6 Å². The Kier molecular flexibility index (Phi) is 23.6. The molecular weight excluding hydrogens is 598 g/mol. The highest BCUT2D eigenvalue weighted by molar-refractivity contribution is 14.1. The zero-order valence-corrected chi connectivity index (χ0v) is 21.2. The van der Waals surface area contributed by atoms with E-state index in [1.807, 2.05) is 12.2 Å². The van der Waals surface area contributed by atoms with Gasteiger partial charge in [0.05, 0.1) is 0 Å². The number of carbonyl (C=O) groups excluding carboxylic acids is 2. The lowest BCUT2D eigenvalue weighted by atomic mass is 10.2. The Morgan fingerprint density at radius 1 is 0.621 bits per heavy atom. The van der Waals surface area contributed by atoms with Crippen molar-refractivity contribution in [2.24, 2.45) is 0 Å². The van der Waals surface area contributed by atoms with Crippen molar-refractivity contribution < 1.29 is 23.8 Å². The van der Waals surface area contributed by atoms with E-state index >= 15 is 0 Å². The van der Waals surface area contributed by atoms with Crippen LogP contribution in [0.15, 0.2) is 48.6 Å². The van der Waals surface area contributed by atoms with Crippen LogP contribution in [-0.2, 0) is 23.8 Å². The summed E-state index contributed by atoms with van der Waals surface area (Å²) in [5, 5.41) is 0. The fourth-order valence-electron chi connectivity index (χ4n) is 1.92. The minimum atomic E-state index is -0.130. The second-order valence-corrected chi connectivity index (χ2v) is 8.17. The number of ketones is 2. The number of unbranched alkanes of at least 4 members (excludes halogenated alkanes) is 4. The number of carbonyl (C=O) groups is 2. The highest BCUT2D eigenvalue weighted by Gasteiger charge is 1.98. The molecule has 29 heavy (non-hydrogen) atoms. The Hall–Kier alpha value is -0.360. The molecule has 0 saturated heterocycles. The summed E-state index contributed by atoms with van der Waals surface area (Å²) in [5.41, 5.74) is 0. The molecule has 0 aromatic heterocycles. The van der Waals surface area contributed by atoms with Crippen molar-refractivity contribution in [3.8, 4) is 0 Å². The van der Waals surface area contributed by atoms with E-state index in [-0.39, 0.29) is 38.4 Å². The maximum atomic E-state index is 11.6. The largest absolute Gasteiger partial charge is 0.347 e. The molecule has 0 bridgehead atoms. The zero-order valence-electron chi connectivity index (χ0n) is 16.9. The molecule has 0 heterocycles. The molecule has 164 valence electrons. The molecule has 0 fully saturated rings. The molecule has 5 nitrogen and oxygen atoms in total. The number of rotatable bonds is 20. The molecule has 0 aromatic rings. The molecule has 0 aliphatic carbocycles.